The van der Waals surface area contributed by atoms with Crippen LogP contribution < -0.4 is 11.3 Å². The van der Waals surface area contributed by atoms with Crippen molar-refractivity contribution < 1.29 is 9.90 Å². The van der Waals surface area contributed by atoms with Crippen molar-refractivity contribution in [2.24, 2.45) is 5.84 Å². The first kappa shape index (κ1) is 14.0. The van der Waals surface area contributed by atoms with Crippen molar-refractivity contribution in [3.05, 3.63) is 35.9 Å². The third-order valence-electron chi connectivity index (χ3n) is 2.39. The second-order valence-corrected chi connectivity index (χ2v) is 5.31. The fourth-order valence-corrected chi connectivity index (χ4v) is 2.69. The molecule has 1 rings (SSSR count). The average Bonchev–Trinajstić information content (AvgIpc) is 2.36. The highest BCUT2D eigenvalue weighted by molar-refractivity contribution is 8.00. The van der Waals surface area contributed by atoms with Crippen molar-refractivity contribution in [1.29, 1.82) is 0 Å². The number of thioether (sulfide) groups is 1. The molecule has 4 N–H and O–H groups in total. The van der Waals surface area contributed by atoms with E-state index in [2.05, 4.69) is 5.43 Å². The van der Waals surface area contributed by atoms with Gasteiger partial charge in [-0.1, -0.05) is 37.3 Å². The molecule has 1 aromatic carbocycles. The summed E-state index contributed by atoms with van der Waals surface area (Å²) in [6, 6.07) is 9.49. The average molecular weight is 254 g/mol. The Balaban J connectivity index is 2.78. The highest BCUT2D eigenvalue weighted by Crippen LogP contribution is 2.33. The van der Waals surface area contributed by atoms with Gasteiger partial charge in [-0.15, -0.1) is 11.8 Å². The van der Waals surface area contributed by atoms with E-state index in [1.54, 1.807) is 0 Å². The third-order valence-corrected chi connectivity index (χ3v) is 3.85. The molecule has 2 atom stereocenters. The maximum atomic E-state index is 11.7. The summed E-state index contributed by atoms with van der Waals surface area (Å²) < 4.78 is 0. The van der Waals surface area contributed by atoms with Crippen LogP contribution in [0.2, 0.25) is 0 Å². The Kier molecular flexibility index (Phi) is 6.04. The van der Waals surface area contributed by atoms with E-state index in [0.717, 1.165) is 5.56 Å². The number of aliphatic hydroxyl groups excluding tert-OH is 1. The van der Waals surface area contributed by atoms with Crippen LogP contribution in [0.25, 0.3) is 0 Å². The van der Waals surface area contributed by atoms with Gasteiger partial charge >= 0.3 is 0 Å². The monoisotopic (exact) mass is 254 g/mol. The molecule has 1 aromatic rings. The number of benzene rings is 1. The quantitative estimate of drug-likeness (QED) is 0.405. The van der Waals surface area contributed by atoms with Crippen molar-refractivity contribution in [2.75, 3.05) is 6.61 Å². The molecule has 0 heterocycles. The molecule has 0 saturated heterocycles. The minimum absolute atomic E-state index is 0.125. The van der Waals surface area contributed by atoms with Crippen molar-refractivity contribution in [1.82, 2.24) is 5.43 Å². The lowest BCUT2D eigenvalue weighted by molar-refractivity contribution is -0.120. The van der Waals surface area contributed by atoms with Gasteiger partial charge in [-0.2, -0.15) is 0 Å². The Bertz CT molecular complexity index is 346. The van der Waals surface area contributed by atoms with E-state index >= 15 is 0 Å². The second-order valence-electron chi connectivity index (χ2n) is 3.76. The van der Waals surface area contributed by atoms with E-state index < -0.39 is 0 Å². The summed E-state index contributed by atoms with van der Waals surface area (Å²) in [6.07, 6.45) is 0.659. The molecule has 0 aliphatic rings. The van der Waals surface area contributed by atoms with Gasteiger partial charge < -0.3 is 5.11 Å². The summed E-state index contributed by atoms with van der Waals surface area (Å²) in [6.45, 7) is 2.11. The van der Waals surface area contributed by atoms with E-state index in [0.29, 0.717) is 6.42 Å². The largest absolute Gasteiger partial charge is 0.396 e. The zero-order valence-electron chi connectivity index (χ0n) is 9.80. The molecule has 0 saturated carbocycles. The fourth-order valence-electron chi connectivity index (χ4n) is 1.48. The Morgan fingerprint density at radius 1 is 1.47 bits per heavy atom. The highest BCUT2D eigenvalue weighted by Gasteiger charge is 2.22. The molecule has 0 aromatic heterocycles. The first-order chi connectivity index (χ1) is 8.19. The molecule has 4 nitrogen and oxygen atoms in total. The standard InChI is InChI=1S/C12H18N2O2S/c1-9(7-8-15)17-11(12(16)14-13)10-5-3-2-4-6-10/h2-6,9,11,15H,7-8,13H2,1H3,(H,14,16). The lowest BCUT2D eigenvalue weighted by atomic mass is 10.1. The second kappa shape index (κ2) is 7.32. The summed E-state index contributed by atoms with van der Waals surface area (Å²) in [5.74, 6) is 4.98. The van der Waals surface area contributed by atoms with Crippen LogP contribution in [0.1, 0.15) is 24.2 Å². The van der Waals surface area contributed by atoms with Gasteiger partial charge in [0.05, 0.1) is 0 Å². The van der Waals surface area contributed by atoms with Gasteiger partial charge in [0, 0.05) is 11.9 Å². The van der Waals surface area contributed by atoms with Crippen LogP contribution in [0.3, 0.4) is 0 Å². The van der Waals surface area contributed by atoms with E-state index in [9.17, 15) is 4.79 Å². The zero-order valence-corrected chi connectivity index (χ0v) is 10.6. The molecule has 0 spiro atoms. The number of hydrogen-bond donors (Lipinski definition) is 3. The molecule has 0 aliphatic carbocycles. The number of carbonyl (C=O) groups is 1. The van der Waals surface area contributed by atoms with Crippen molar-refractivity contribution in [3.8, 4) is 0 Å². The van der Waals surface area contributed by atoms with Gasteiger partial charge in [-0.3, -0.25) is 10.2 Å². The third kappa shape index (κ3) is 4.38. The molecule has 0 bridgehead atoms. The molecule has 5 heteroatoms. The van der Waals surface area contributed by atoms with E-state index in [-0.39, 0.29) is 23.0 Å². The number of aliphatic hydroxyl groups is 1. The number of rotatable bonds is 6. The van der Waals surface area contributed by atoms with Crippen molar-refractivity contribution >= 4 is 17.7 Å². The Morgan fingerprint density at radius 3 is 2.65 bits per heavy atom. The molecule has 2 unspecified atom stereocenters. The van der Waals surface area contributed by atoms with E-state index in [4.69, 9.17) is 10.9 Å². The maximum absolute atomic E-state index is 11.7. The molecule has 0 fully saturated rings. The normalized spacial score (nSPS) is 14.1. The molecule has 17 heavy (non-hydrogen) atoms. The summed E-state index contributed by atoms with van der Waals surface area (Å²) in [5, 5.41) is 8.74. The Hall–Kier alpha value is -1.04. The molecule has 1 amide bonds. The lowest BCUT2D eigenvalue weighted by Crippen LogP contribution is -2.34. The molecule has 0 radical (unpaired) electrons. The summed E-state index contributed by atoms with van der Waals surface area (Å²) in [7, 11) is 0. The number of hydrogen-bond acceptors (Lipinski definition) is 4. The van der Waals surface area contributed by atoms with Crippen LogP contribution in [0, 0.1) is 0 Å². The van der Waals surface area contributed by atoms with Gasteiger partial charge in [0.25, 0.3) is 5.91 Å². The summed E-state index contributed by atoms with van der Waals surface area (Å²) in [5.41, 5.74) is 3.11. The van der Waals surface area contributed by atoms with Crippen LogP contribution in [-0.4, -0.2) is 22.9 Å². The predicted molar refractivity (Wildman–Crippen MR) is 70.3 cm³/mol. The Labute approximate surface area is 106 Å². The predicted octanol–water partition coefficient (Wildman–Crippen LogP) is 1.22. The first-order valence-electron chi connectivity index (χ1n) is 5.50. The highest BCUT2D eigenvalue weighted by atomic mass is 32.2. The van der Waals surface area contributed by atoms with Gasteiger partial charge in [0.2, 0.25) is 0 Å². The Morgan fingerprint density at radius 2 is 2.12 bits per heavy atom. The van der Waals surface area contributed by atoms with Crippen LogP contribution in [0.4, 0.5) is 0 Å². The van der Waals surface area contributed by atoms with Gasteiger partial charge in [-0.05, 0) is 12.0 Å². The van der Waals surface area contributed by atoms with E-state index in [1.165, 1.54) is 11.8 Å². The van der Waals surface area contributed by atoms with Crippen molar-refractivity contribution in [3.63, 3.8) is 0 Å². The van der Waals surface area contributed by atoms with Crippen LogP contribution >= 0.6 is 11.8 Å². The smallest absolute Gasteiger partial charge is 0.251 e. The van der Waals surface area contributed by atoms with E-state index in [1.807, 2.05) is 37.3 Å². The minimum atomic E-state index is -0.331. The number of amides is 1. The number of hydrazine groups is 1. The fraction of sp³-hybridized carbons (Fsp3) is 0.417. The molecular weight excluding hydrogens is 236 g/mol. The maximum Gasteiger partial charge on any atom is 0.251 e. The van der Waals surface area contributed by atoms with Crippen molar-refractivity contribution in [2.45, 2.75) is 23.8 Å². The SMILES string of the molecule is CC(CCO)SC(C(=O)NN)c1ccccc1. The molecule has 0 aliphatic heterocycles. The number of nitrogens with one attached hydrogen (secondary N) is 1. The van der Waals surface area contributed by atoms with Gasteiger partial charge in [0.1, 0.15) is 5.25 Å². The molecule has 94 valence electrons. The van der Waals surface area contributed by atoms with Gasteiger partial charge in [-0.25, -0.2) is 5.84 Å². The van der Waals surface area contributed by atoms with Gasteiger partial charge in [0.15, 0.2) is 0 Å². The van der Waals surface area contributed by atoms with Crippen LogP contribution in [-0.2, 0) is 4.79 Å². The number of nitrogens with two attached hydrogens (primary N) is 1. The first-order valence-corrected chi connectivity index (χ1v) is 6.45. The molecular formula is C12H18N2O2S. The topological polar surface area (TPSA) is 75.3 Å². The summed E-state index contributed by atoms with van der Waals surface area (Å²) in [4.78, 5) is 11.7. The minimum Gasteiger partial charge on any atom is -0.396 e. The number of carbonyl (C=O) groups excluding carboxylic acids is 1. The zero-order chi connectivity index (χ0) is 12.7. The van der Waals surface area contributed by atoms with Crippen LogP contribution in [0.15, 0.2) is 30.3 Å². The summed E-state index contributed by atoms with van der Waals surface area (Å²) >= 11 is 1.50. The van der Waals surface area contributed by atoms with Crippen LogP contribution in [0.5, 0.6) is 0 Å². The lowest BCUT2D eigenvalue weighted by Gasteiger charge is -2.19.